The zero-order valence-electron chi connectivity index (χ0n) is 11.5. The predicted octanol–water partition coefficient (Wildman–Crippen LogP) is 1.39. The van der Waals surface area contributed by atoms with E-state index >= 15 is 0 Å². The quantitative estimate of drug-likeness (QED) is 0.810. The minimum atomic E-state index is -0.690. The van der Waals surface area contributed by atoms with Gasteiger partial charge in [-0.15, -0.1) is 0 Å². The Balaban J connectivity index is 2.78. The molecule has 4 nitrogen and oxygen atoms in total. The first kappa shape index (κ1) is 14.5. The number of nitrogens with zero attached hydrogens (tertiary/aromatic N) is 1. The van der Waals surface area contributed by atoms with Gasteiger partial charge in [0, 0.05) is 19.7 Å². The first-order valence-electron chi connectivity index (χ1n) is 6.54. The zero-order chi connectivity index (χ0) is 13.1. The molecule has 3 unspecified atom stereocenters. The van der Waals surface area contributed by atoms with E-state index in [9.17, 15) is 4.79 Å². The number of rotatable bonds is 4. The van der Waals surface area contributed by atoms with Crippen LogP contribution in [0, 0.1) is 5.92 Å². The molecule has 1 aliphatic heterocycles. The van der Waals surface area contributed by atoms with Crippen LogP contribution in [0.1, 0.15) is 40.0 Å². The van der Waals surface area contributed by atoms with Crippen LogP contribution in [-0.4, -0.2) is 42.6 Å². The normalized spacial score (nSPS) is 28.9. The van der Waals surface area contributed by atoms with Crippen LogP contribution in [0.2, 0.25) is 0 Å². The van der Waals surface area contributed by atoms with Crippen molar-refractivity contribution in [2.45, 2.75) is 51.7 Å². The van der Waals surface area contributed by atoms with E-state index in [0.717, 1.165) is 19.4 Å². The van der Waals surface area contributed by atoms with Crippen LogP contribution >= 0.6 is 0 Å². The van der Waals surface area contributed by atoms with Gasteiger partial charge in [0.2, 0.25) is 0 Å². The van der Waals surface area contributed by atoms with E-state index in [-0.39, 0.29) is 5.91 Å². The van der Waals surface area contributed by atoms with Crippen LogP contribution in [0.15, 0.2) is 0 Å². The van der Waals surface area contributed by atoms with Crippen molar-refractivity contribution in [3.8, 4) is 0 Å². The molecule has 1 saturated heterocycles. The Kier molecular flexibility index (Phi) is 4.95. The van der Waals surface area contributed by atoms with Gasteiger partial charge in [0.05, 0.1) is 0 Å². The first-order chi connectivity index (χ1) is 7.98. The van der Waals surface area contributed by atoms with Crippen LogP contribution in [0.3, 0.4) is 0 Å². The highest BCUT2D eigenvalue weighted by atomic mass is 16.5. The predicted molar refractivity (Wildman–Crippen MR) is 68.7 cm³/mol. The third kappa shape index (κ3) is 2.99. The molecule has 2 N–H and O–H groups in total. The van der Waals surface area contributed by atoms with E-state index in [2.05, 4.69) is 6.92 Å². The molecule has 17 heavy (non-hydrogen) atoms. The summed E-state index contributed by atoms with van der Waals surface area (Å²) in [6.07, 6.45) is 2.85. The average Bonchev–Trinajstić information content (AvgIpc) is 2.37. The van der Waals surface area contributed by atoms with Gasteiger partial charge in [0.1, 0.15) is 5.60 Å². The lowest BCUT2D eigenvalue weighted by molar-refractivity contribution is -0.157. The number of nitrogens with two attached hydrogens (primary N) is 1. The number of hydrogen-bond acceptors (Lipinski definition) is 3. The van der Waals surface area contributed by atoms with Gasteiger partial charge in [0.25, 0.3) is 5.91 Å². The minimum absolute atomic E-state index is 0.105. The van der Waals surface area contributed by atoms with Crippen molar-refractivity contribution in [3.63, 3.8) is 0 Å². The fraction of sp³-hybridized carbons (Fsp3) is 0.923. The van der Waals surface area contributed by atoms with Gasteiger partial charge in [-0.3, -0.25) is 4.79 Å². The van der Waals surface area contributed by atoms with Gasteiger partial charge >= 0.3 is 0 Å². The van der Waals surface area contributed by atoms with E-state index < -0.39 is 5.60 Å². The van der Waals surface area contributed by atoms with Gasteiger partial charge in [-0.2, -0.15) is 0 Å². The lowest BCUT2D eigenvalue weighted by Gasteiger charge is -2.42. The van der Waals surface area contributed by atoms with Crippen LogP contribution in [-0.2, 0) is 9.53 Å². The molecule has 0 bridgehead atoms. The van der Waals surface area contributed by atoms with Crippen LogP contribution in [0.5, 0.6) is 0 Å². The van der Waals surface area contributed by atoms with Gasteiger partial charge in [-0.1, -0.05) is 6.92 Å². The van der Waals surface area contributed by atoms with Crippen molar-refractivity contribution >= 4 is 5.91 Å². The lowest BCUT2D eigenvalue weighted by Crippen LogP contribution is -2.55. The summed E-state index contributed by atoms with van der Waals surface area (Å²) in [6.45, 7) is 7.39. The summed E-state index contributed by atoms with van der Waals surface area (Å²) in [5, 5.41) is 0. The van der Waals surface area contributed by atoms with E-state index in [1.807, 2.05) is 18.7 Å². The molecule has 0 radical (unpaired) electrons. The molecular weight excluding hydrogens is 216 g/mol. The maximum Gasteiger partial charge on any atom is 0.254 e. The van der Waals surface area contributed by atoms with Crippen molar-refractivity contribution in [1.29, 1.82) is 0 Å². The molecular formula is C13H26N2O2. The Morgan fingerprint density at radius 2 is 2.18 bits per heavy atom. The maximum atomic E-state index is 12.5. The Bertz CT molecular complexity index is 264. The fourth-order valence-corrected chi connectivity index (χ4v) is 2.34. The fourth-order valence-electron chi connectivity index (χ4n) is 2.34. The Hall–Kier alpha value is -0.610. The second-order valence-electron chi connectivity index (χ2n) is 5.27. The third-order valence-corrected chi connectivity index (χ3v) is 4.15. The van der Waals surface area contributed by atoms with Crippen LogP contribution < -0.4 is 5.73 Å². The molecule has 1 heterocycles. The van der Waals surface area contributed by atoms with E-state index in [0.29, 0.717) is 24.9 Å². The van der Waals surface area contributed by atoms with E-state index in [1.165, 1.54) is 0 Å². The van der Waals surface area contributed by atoms with Crippen molar-refractivity contribution in [2.24, 2.45) is 11.7 Å². The van der Waals surface area contributed by atoms with Crippen molar-refractivity contribution in [3.05, 3.63) is 0 Å². The number of piperidine rings is 1. The Labute approximate surface area is 104 Å². The second-order valence-corrected chi connectivity index (χ2v) is 5.27. The molecule has 1 amide bonds. The van der Waals surface area contributed by atoms with E-state index in [4.69, 9.17) is 10.5 Å². The number of amides is 1. The average molecular weight is 242 g/mol. The van der Waals surface area contributed by atoms with Gasteiger partial charge < -0.3 is 15.4 Å². The molecule has 0 aromatic carbocycles. The lowest BCUT2D eigenvalue weighted by atomic mass is 9.91. The highest BCUT2D eigenvalue weighted by Crippen LogP contribution is 2.26. The summed E-state index contributed by atoms with van der Waals surface area (Å²) in [4.78, 5) is 14.5. The highest BCUT2D eigenvalue weighted by Gasteiger charge is 2.39. The third-order valence-electron chi connectivity index (χ3n) is 4.15. The largest absolute Gasteiger partial charge is 0.369 e. The smallest absolute Gasteiger partial charge is 0.254 e. The molecule has 0 aliphatic carbocycles. The van der Waals surface area contributed by atoms with Crippen molar-refractivity contribution < 1.29 is 9.53 Å². The summed E-state index contributed by atoms with van der Waals surface area (Å²) in [6, 6.07) is 0.298. The number of methoxy groups -OCH3 is 1. The van der Waals surface area contributed by atoms with Crippen LogP contribution in [0.25, 0.3) is 0 Å². The molecule has 1 fully saturated rings. The standard InChI is InChI=1S/C13H26N2O2/c1-5-13(3,17-4)12(16)15-9-11(8-14)7-6-10(15)2/h10-11H,5-9,14H2,1-4H3. The summed E-state index contributed by atoms with van der Waals surface area (Å²) >= 11 is 0. The number of ether oxygens (including phenoxy) is 1. The molecule has 3 atom stereocenters. The van der Waals surface area contributed by atoms with Crippen LogP contribution in [0.4, 0.5) is 0 Å². The summed E-state index contributed by atoms with van der Waals surface area (Å²) in [5.74, 6) is 0.543. The number of carbonyl (C=O) groups is 1. The van der Waals surface area contributed by atoms with Crippen molar-refractivity contribution in [2.75, 3.05) is 20.2 Å². The zero-order valence-corrected chi connectivity index (χ0v) is 11.5. The summed E-state index contributed by atoms with van der Waals surface area (Å²) in [5.41, 5.74) is 5.03. The molecule has 1 rings (SSSR count). The number of hydrogen-bond donors (Lipinski definition) is 1. The molecule has 0 spiro atoms. The Morgan fingerprint density at radius 1 is 1.53 bits per heavy atom. The SMILES string of the molecule is CCC(C)(OC)C(=O)N1CC(CN)CCC1C. The van der Waals surface area contributed by atoms with Crippen molar-refractivity contribution in [1.82, 2.24) is 4.90 Å². The summed E-state index contributed by atoms with van der Waals surface area (Å²) < 4.78 is 5.40. The molecule has 0 aromatic rings. The first-order valence-corrected chi connectivity index (χ1v) is 6.54. The number of likely N-dealkylation sites (tertiary alicyclic amines) is 1. The Morgan fingerprint density at radius 3 is 2.65 bits per heavy atom. The van der Waals surface area contributed by atoms with Gasteiger partial charge in [-0.25, -0.2) is 0 Å². The molecule has 100 valence electrons. The number of carbonyl (C=O) groups excluding carboxylic acids is 1. The van der Waals surface area contributed by atoms with E-state index in [1.54, 1.807) is 7.11 Å². The summed E-state index contributed by atoms with van der Waals surface area (Å²) in [7, 11) is 1.61. The minimum Gasteiger partial charge on any atom is -0.369 e. The molecule has 4 heteroatoms. The maximum absolute atomic E-state index is 12.5. The van der Waals surface area contributed by atoms with Gasteiger partial charge in [-0.05, 0) is 45.6 Å². The molecule has 1 aliphatic rings. The highest BCUT2D eigenvalue weighted by molar-refractivity contribution is 5.85. The van der Waals surface area contributed by atoms with Gasteiger partial charge in [0.15, 0.2) is 0 Å². The second kappa shape index (κ2) is 5.83. The molecule has 0 saturated carbocycles. The molecule has 0 aromatic heterocycles. The topological polar surface area (TPSA) is 55.6 Å². The monoisotopic (exact) mass is 242 g/mol.